The van der Waals surface area contributed by atoms with Crippen molar-refractivity contribution in [3.8, 4) is 0 Å². The van der Waals surface area contributed by atoms with Gasteiger partial charge in [0.15, 0.2) is 0 Å². The molecule has 0 fully saturated rings. The predicted molar refractivity (Wildman–Crippen MR) is 79.8 cm³/mol. The van der Waals surface area contributed by atoms with Gasteiger partial charge in [0.25, 0.3) is 0 Å². The molecule has 0 spiro atoms. The van der Waals surface area contributed by atoms with Crippen molar-refractivity contribution in [2.75, 3.05) is 13.1 Å². The van der Waals surface area contributed by atoms with Gasteiger partial charge in [-0.25, -0.2) is 0 Å². The smallest absolute Gasteiger partial charge is 0 e. The fourth-order valence-corrected chi connectivity index (χ4v) is 2.12. The van der Waals surface area contributed by atoms with Gasteiger partial charge in [0.1, 0.15) is 0 Å². The van der Waals surface area contributed by atoms with Crippen LogP contribution in [0.25, 0.3) is 5.32 Å². The Morgan fingerprint density at radius 3 is 1.22 bits per heavy atom. The summed E-state index contributed by atoms with van der Waals surface area (Å²) in [6.07, 6.45) is 16.6. The molecule has 0 saturated carbocycles. The number of rotatable bonds is 14. The molecule has 1 nitrogen and oxygen atoms in total. The van der Waals surface area contributed by atoms with E-state index in [0.29, 0.717) is 0 Å². The molecule has 0 N–H and O–H groups in total. The maximum Gasteiger partial charge on any atom is 0 e. The Bertz CT molecular complexity index is 114. The average Bonchev–Trinajstić information content (AvgIpc) is 2.35. The molecule has 0 aromatic carbocycles. The summed E-state index contributed by atoms with van der Waals surface area (Å²) in [6.45, 7) is 6.77. The molecule has 0 aliphatic carbocycles. The van der Waals surface area contributed by atoms with Crippen LogP contribution in [0.5, 0.6) is 0 Å². The molecule has 0 heterocycles. The molecule has 0 aliphatic heterocycles. The second-order valence-corrected chi connectivity index (χ2v) is 5.21. The quantitative estimate of drug-likeness (QED) is 0.272. The molecule has 0 rings (SSSR count). The molecule has 0 unspecified atom stereocenters. The van der Waals surface area contributed by atoms with E-state index in [2.05, 4.69) is 19.2 Å². The SMILES string of the molecule is CCCCCCCC[N-]CCCCCCCC.[Ti]. The largest absolute Gasteiger partial charge is 0.662 e. The van der Waals surface area contributed by atoms with Gasteiger partial charge < -0.3 is 5.32 Å². The minimum Gasteiger partial charge on any atom is -0.662 e. The zero-order chi connectivity index (χ0) is 12.6. The van der Waals surface area contributed by atoms with Gasteiger partial charge in [-0.1, -0.05) is 90.9 Å². The van der Waals surface area contributed by atoms with Crippen LogP contribution in [-0.2, 0) is 21.7 Å². The third-order valence-corrected chi connectivity index (χ3v) is 3.34. The first kappa shape index (κ1) is 21.0. The minimum atomic E-state index is 0. The van der Waals surface area contributed by atoms with Crippen LogP contribution < -0.4 is 0 Å². The Kier molecular flexibility index (Phi) is 23.3. The zero-order valence-corrected chi connectivity index (χ0v) is 14.4. The maximum atomic E-state index is 4.61. The molecule has 0 bridgehead atoms. The van der Waals surface area contributed by atoms with Gasteiger partial charge >= 0.3 is 0 Å². The summed E-state index contributed by atoms with van der Waals surface area (Å²) >= 11 is 0. The molecule has 0 saturated heterocycles. The van der Waals surface area contributed by atoms with Gasteiger partial charge in [0.05, 0.1) is 0 Å². The van der Waals surface area contributed by atoms with Crippen molar-refractivity contribution in [1.82, 2.24) is 0 Å². The number of nitrogens with zero attached hydrogens (tertiary/aromatic N) is 1. The van der Waals surface area contributed by atoms with E-state index in [9.17, 15) is 0 Å². The van der Waals surface area contributed by atoms with Crippen molar-refractivity contribution < 1.29 is 21.7 Å². The number of unbranched alkanes of at least 4 members (excludes halogenated alkanes) is 10. The molecule has 0 atom stereocenters. The van der Waals surface area contributed by atoms with E-state index < -0.39 is 0 Å². The molecular formula is C16H34NTi-. The topological polar surface area (TPSA) is 14.1 Å². The van der Waals surface area contributed by atoms with Crippen LogP contribution in [0.4, 0.5) is 0 Å². The Labute approximate surface area is 131 Å². The van der Waals surface area contributed by atoms with Crippen LogP contribution in [0.1, 0.15) is 90.9 Å². The normalized spacial score (nSPS) is 10.3. The summed E-state index contributed by atoms with van der Waals surface area (Å²) in [7, 11) is 0. The van der Waals surface area contributed by atoms with Crippen molar-refractivity contribution in [1.29, 1.82) is 0 Å². The van der Waals surface area contributed by atoms with E-state index in [1.807, 2.05) is 0 Å². The van der Waals surface area contributed by atoms with Crippen LogP contribution in [0, 0.1) is 0 Å². The Hall–Kier alpha value is 0.674. The molecule has 108 valence electrons. The average molecular weight is 288 g/mol. The molecule has 18 heavy (non-hydrogen) atoms. The van der Waals surface area contributed by atoms with Crippen molar-refractivity contribution in [2.45, 2.75) is 90.9 Å². The summed E-state index contributed by atoms with van der Waals surface area (Å²) in [4.78, 5) is 0. The summed E-state index contributed by atoms with van der Waals surface area (Å²) < 4.78 is 0. The molecule has 0 amide bonds. The van der Waals surface area contributed by atoms with Crippen molar-refractivity contribution >= 4 is 0 Å². The Morgan fingerprint density at radius 1 is 0.500 bits per heavy atom. The summed E-state index contributed by atoms with van der Waals surface area (Å²) in [5.74, 6) is 0. The Morgan fingerprint density at radius 2 is 0.833 bits per heavy atom. The van der Waals surface area contributed by atoms with Crippen molar-refractivity contribution in [3.05, 3.63) is 5.32 Å². The maximum absolute atomic E-state index is 4.61. The van der Waals surface area contributed by atoms with Crippen LogP contribution >= 0.6 is 0 Å². The van der Waals surface area contributed by atoms with Gasteiger partial charge in [-0.3, -0.25) is 0 Å². The summed E-state index contributed by atoms with van der Waals surface area (Å²) in [5.41, 5.74) is 0. The third-order valence-electron chi connectivity index (χ3n) is 3.34. The third kappa shape index (κ3) is 19.0. The van der Waals surface area contributed by atoms with E-state index in [1.54, 1.807) is 0 Å². The second-order valence-electron chi connectivity index (χ2n) is 5.21. The zero-order valence-electron chi connectivity index (χ0n) is 12.8. The minimum absolute atomic E-state index is 0. The first-order chi connectivity index (χ1) is 8.41. The van der Waals surface area contributed by atoms with Crippen LogP contribution in [-0.4, -0.2) is 13.1 Å². The van der Waals surface area contributed by atoms with E-state index >= 15 is 0 Å². The second kappa shape index (κ2) is 20.0. The fraction of sp³-hybridized carbons (Fsp3) is 1.00. The van der Waals surface area contributed by atoms with Gasteiger partial charge in [-0.15, -0.1) is 13.1 Å². The van der Waals surface area contributed by atoms with E-state index in [1.165, 1.54) is 77.0 Å². The Balaban J connectivity index is 0. The molecule has 0 radical (unpaired) electrons. The molecule has 2 heteroatoms. The van der Waals surface area contributed by atoms with Gasteiger partial charge in [0.2, 0.25) is 0 Å². The standard InChI is InChI=1S/C16H34N.Ti/c1-3-5-7-9-11-13-15-17-16-14-12-10-8-6-4-2;/h3-16H2,1-2H3;/q-1;. The predicted octanol–water partition coefficient (Wildman–Crippen LogP) is 6.08. The number of hydrogen-bond donors (Lipinski definition) is 0. The molecular weight excluding hydrogens is 254 g/mol. The van der Waals surface area contributed by atoms with Crippen LogP contribution in [0.3, 0.4) is 0 Å². The molecule has 0 aromatic rings. The monoisotopic (exact) mass is 288 g/mol. The van der Waals surface area contributed by atoms with E-state index in [4.69, 9.17) is 0 Å². The van der Waals surface area contributed by atoms with Crippen molar-refractivity contribution in [3.63, 3.8) is 0 Å². The fourth-order valence-electron chi connectivity index (χ4n) is 2.12. The summed E-state index contributed by atoms with van der Waals surface area (Å²) in [5, 5.41) is 4.61. The van der Waals surface area contributed by atoms with Gasteiger partial charge in [0, 0.05) is 21.7 Å². The summed E-state index contributed by atoms with van der Waals surface area (Å²) in [6, 6.07) is 0. The number of hydrogen-bond acceptors (Lipinski definition) is 0. The molecule has 0 aliphatic rings. The van der Waals surface area contributed by atoms with E-state index in [-0.39, 0.29) is 21.7 Å². The van der Waals surface area contributed by atoms with Crippen molar-refractivity contribution in [2.24, 2.45) is 0 Å². The first-order valence-electron chi connectivity index (χ1n) is 8.05. The van der Waals surface area contributed by atoms with Gasteiger partial charge in [-0.2, -0.15) is 0 Å². The molecule has 0 aromatic heterocycles. The van der Waals surface area contributed by atoms with Crippen LogP contribution in [0.15, 0.2) is 0 Å². The van der Waals surface area contributed by atoms with Gasteiger partial charge in [-0.05, 0) is 0 Å². The van der Waals surface area contributed by atoms with E-state index in [0.717, 1.165) is 13.1 Å². The van der Waals surface area contributed by atoms with Crippen LogP contribution in [0.2, 0.25) is 0 Å². The first-order valence-corrected chi connectivity index (χ1v) is 8.05.